The Hall–Kier alpha value is -1.16. The van der Waals surface area contributed by atoms with Crippen LogP contribution in [0.5, 0.6) is 5.75 Å². The van der Waals surface area contributed by atoms with Crippen LogP contribution in [0.1, 0.15) is 0 Å². The van der Waals surface area contributed by atoms with Crippen LogP contribution in [0.2, 0.25) is 0 Å². The van der Waals surface area contributed by atoms with Gasteiger partial charge in [-0.1, -0.05) is 24.4 Å². The number of anilines is 1. The Bertz CT molecular complexity index is 759. The number of rotatable bonds is 6. The van der Waals surface area contributed by atoms with Crippen molar-refractivity contribution in [3.8, 4) is 5.75 Å². The van der Waals surface area contributed by atoms with Crippen LogP contribution in [0.15, 0.2) is 44.4 Å². The van der Waals surface area contributed by atoms with Crippen molar-refractivity contribution in [2.75, 3.05) is 11.3 Å². The number of sulfonamides is 1. The maximum Gasteiger partial charge on any atom is 0.272 e. The number of hydrogen-bond donors (Lipinski definition) is 2. The van der Waals surface area contributed by atoms with Gasteiger partial charge >= 0.3 is 0 Å². The van der Waals surface area contributed by atoms with E-state index in [4.69, 9.17) is 22.7 Å². The van der Waals surface area contributed by atoms with E-state index < -0.39 is 10.0 Å². The predicted molar refractivity (Wildman–Crippen MR) is 91.5 cm³/mol. The van der Waals surface area contributed by atoms with Crippen molar-refractivity contribution in [1.82, 2.24) is 0 Å². The van der Waals surface area contributed by atoms with E-state index in [1.165, 1.54) is 0 Å². The highest BCUT2D eigenvalue weighted by Crippen LogP contribution is 2.32. The third-order valence-corrected chi connectivity index (χ3v) is 6.48. The molecule has 0 aliphatic heterocycles. The summed E-state index contributed by atoms with van der Waals surface area (Å²) in [5.41, 5.74) is 5.71. The Balaban J connectivity index is 2.27. The van der Waals surface area contributed by atoms with Crippen LogP contribution in [-0.4, -0.2) is 20.0 Å². The number of thiocarbonyl (C=S) groups is 1. The molecule has 0 saturated carbocycles. The highest BCUT2D eigenvalue weighted by atomic mass is 79.9. The number of hydrogen-bond acceptors (Lipinski definition) is 5. The van der Waals surface area contributed by atoms with Crippen molar-refractivity contribution >= 4 is 60.2 Å². The molecule has 5 nitrogen and oxygen atoms in total. The third kappa shape index (κ3) is 4.16. The monoisotopic (exact) mass is 406 g/mol. The minimum absolute atomic E-state index is 0.0385. The van der Waals surface area contributed by atoms with E-state index in [9.17, 15) is 8.42 Å². The van der Waals surface area contributed by atoms with Crippen molar-refractivity contribution < 1.29 is 13.2 Å². The van der Waals surface area contributed by atoms with Crippen molar-refractivity contribution in [3.63, 3.8) is 0 Å². The van der Waals surface area contributed by atoms with Gasteiger partial charge in [-0.25, -0.2) is 8.42 Å². The molecule has 0 aliphatic rings. The molecule has 0 saturated heterocycles. The first-order valence-electron chi connectivity index (χ1n) is 5.66. The zero-order valence-electron chi connectivity index (χ0n) is 10.6. The average Bonchev–Trinajstić information content (AvgIpc) is 2.84. The molecule has 21 heavy (non-hydrogen) atoms. The minimum Gasteiger partial charge on any atom is -0.484 e. The van der Waals surface area contributed by atoms with Gasteiger partial charge in [-0.3, -0.25) is 4.72 Å². The number of benzene rings is 1. The molecule has 1 aromatic heterocycles. The molecule has 0 amide bonds. The number of ether oxygens (including phenoxy) is 1. The molecule has 2 aromatic rings. The van der Waals surface area contributed by atoms with Crippen LogP contribution in [0.3, 0.4) is 0 Å². The Morgan fingerprint density at radius 2 is 2.10 bits per heavy atom. The lowest BCUT2D eigenvalue weighted by Crippen LogP contribution is -2.19. The number of halogens is 1. The normalized spacial score (nSPS) is 11.1. The van der Waals surface area contributed by atoms with E-state index in [1.54, 1.807) is 35.7 Å². The van der Waals surface area contributed by atoms with Gasteiger partial charge in [0, 0.05) is 4.47 Å². The molecule has 0 bridgehead atoms. The zero-order valence-corrected chi connectivity index (χ0v) is 14.6. The molecule has 112 valence electrons. The summed E-state index contributed by atoms with van der Waals surface area (Å²) in [6.45, 7) is 0.0385. The number of nitrogens with one attached hydrogen (secondary N) is 1. The fraction of sp³-hybridized carbons (Fsp3) is 0.0833. The number of para-hydroxylation sites is 2. The molecule has 1 heterocycles. The average molecular weight is 407 g/mol. The second kappa shape index (κ2) is 6.73. The van der Waals surface area contributed by atoms with Gasteiger partial charge in [0.25, 0.3) is 10.0 Å². The first-order valence-corrected chi connectivity index (χ1v) is 9.22. The van der Waals surface area contributed by atoms with E-state index in [2.05, 4.69) is 20.7 Å². The molecule has 0 fully saturated rings. The highest BCUT2D eigenvalue weighted by molar-refractivity contribution is 9.10. The van der Waals surface area contributed by atoms with Gasteiger partial charge in [-0.2, -0.15) is 0 Å². The Kier molecular flexibility index (Phi) is 5.20. The number of nitrogens with two attached hydrogens (primary N) is 1. The molecule has 9 heteroatoms. The van der Waals surface area contributed by atoms with Crippen molar-refractivity contribution in [2.24, 2.45) is 5.73 Å². The molecule has 0 radical (unpaired) electrons. The van der Waals surface area contributed by atoms with Crippen molar-refractivity contribution in [2.45, 2.75) is 4.21 Å². The summed E-state index contributed by atoms with van der Waals surface area (Å²) in [5.74, 6) is 0.363. The molecular weight excluding hydrogens is 396 g/mol. The topological polar surface area (TPSA) is 81.4 Å². The summed E-state index contributed by atoms with van der Waals surface area (Å²) in [5, 5.41) is 1.69. The summed E-state index contributed by atoms with van der Waals surface area (Å²) in [7, 11) is -3.68. The molecule has 0 spiro atoms. The van der Waals surface area contributed by atoms with E-state index in [1.807, 2.05) is 0 Å². The van der Waals surface area contributed by atoms with Gasteiger partial charge in [-0.15, -0.1) is 11.3 Å². The van der Waals surface area contributed by atoms with Crippen molar-refractivity contribution in [1.29, 1.82) is 0 Å². The first kappa shape index (κ1) is 16.2. The lowest BCUT2D eigenvalue weighted by molar-refractivity contribution is 0.379. The van der Waals surface area contributed by atoms with Crippen LogP contribution < -0.4 is 15.2 Å². The van der Waals surface area contributed by atoms with E-state index in [0.717, 1.165) is 11.3 Å². The van der Waals surface area contributed by atoms with Crippen LogP contribution in [0.25, 0.3) is 0 Å². The Morgan fingerprint density at radius 1 is 1.38 bits per heavy atom. The standard InChI is InChI=1S/C12H11BrN2O3S3/c13-8-5-6-20-12(8)21(16,17)15-9-3-1-2-4-10(9)18-7-11(14)19/h1-6,15H,7H2,(H2,14,19). The quantitative estimate of drug-likeness (QED) is 0.720. The maximum absolute atomic E-state index is 12.3. The van der Waals surface area contributed by atoms with Crippen molar-refractivity contribution in [3.05, 3.63) is 40.2 Å². The van der Waals surface area contributed by atoms with Gasteiger partial charge in [0.05, 0.1) is 5.69 Å². The van der Waals surface area contributed by atoms with Gasteiger partial charge in [0.1, 0.15) is 17.3 Å². The van der Waals surface area contributed by atoms with E-state index in [0.29, 0.717) is 15.9 Å². The fourth-order valence-electron chi connectivity index (χ4n) is 1.49. The third-order valence-electron chi connectivity index (χ3n) is 2.33. The van der Waals surface area contributed by atoms with E-state index in [-0.39, 0.29) is 15.8 Å². The second-order valence-electron chi connectivity index (χ2n) is 3.91. The van der Waals surface area contributed by atoms with E-state index >= 15 is 0 Å². The molecule has 1 aromatic carbocycles. The molecule has 2 rings (SSSR count). The number of thiophene rings is 1. The molecule has 0 unspecified atom stereocenters. The van der Waals surface area contributed by atoms with Crippen LogP contribution in [0.4, 0.5) is 5.69 Å². The van der Waals surface area contributed by atoms with Crippen LogP contribution >= 0.6 is 39.5 Å². The minimum atomic E-state index is -3.68. The van der Waals surface area contributed by atoms with Crippen LogP contribution in [0, 0.1) is 0 Å². The molecular formula is C12H11BrN2O3S3. The van der Waals surface area contributed by atoms with Gasteiger partial charge in [-0.05, 0) is 39.5 Å². The largest absolute Gasteiger partial charge is 0.484 e. The fourth-order valence-corrected chi connectivity index (χ4v) is 4.96. The Morgan fingerprint density at radius 3 is 2.71 bits per heavy atom. The van der Waals surface area contributed by atoms with Gasteiger partial charge < -0.3 is 10.5 Å². The lowest BCUT2D eigenvalue weighted by Gasteiger charge is -2.12. The van der Waals surface area contributed by atoms with Gasteiger partial charge in [0.2, 0.25) is 0 Å². The van der Waals surface area contributed by atoms with Crippen LogP contribution in [-0.2, 0) is 10.0 Å². The smallest absolute Gasteiger partial charge is 0.272 e. The summed E-state index contributed by atoms with van der Waals surface area (Å²) < 4.78 is 33.3. The molecule has 3 N–H and O–H groups in total. The zero-order chi connectivity index (χ0) is 15.5. The highest BCUT2D eigenvalue weighted by Gasteiger charge is 2.20. The predicted octanol–water partition coefficient (Wildman–Crippen LogP) is 2.98. The summed E-state index contributed by atoms with van der Waals surface area (Å²) in [4.78, 5) is 0.189. The van der Waals surface area contributed by atoms with Gasteiger partial charge in [0.15, 0.2) is 4.21 Å². The summed E-state index contributed by atoms with van der Waals surface area (Å²) in [6.07, 6.45) is 0. The Labute approximate surface area is 140 Å². The lowest BCUT2D eigenvalue weighted by atomic mass is 10.3. The summed E-state index contributed by atoms with van der Waals surface area (Å²) in [6, 6.07) is 8.35. The SMILES string of the molecule is NC(=S)COc1ccccc1NS(=O)(=O)c1sccc1Br. The second-order valence-corrected chi connectivity index (χ2v) is 8.09. The molecule has 0 aliphatic carbocycles. The molecule has 0 atom stereocenters. The first-order chi connectivity index (χ1) is 9.90. The maximum atomic E-state index is 12.3. The summed E-state index contributed by atoms with van der Waals surface area (Å²) >= 11 is 9.07.